The molecule has 6 rings (SSSR count). The molecule has 0 spiro atoms. The second-order valence-corrected chi connectivity index (χ2v) is 8.98. The maximum Gasteiger partial charge on any atom is 0.134 e. The average molecular weight is 481 g/mol. The minimum absolute atomic E-state index is 0.164. The van der Waals surface area contributed by atoms with Gasteiger partial charge in [-0.2, -0.15) is 0 Å². The second-order valence-electron chi connectivity index (χ2n) is 8.17. The number of hydrogen-bond donors (Lipinski definition) is 2. The lowest BCUT2D eigenvalue weighted by Crippen LogP contribution is -2.42. The van der Waals surface area contributed by atoms with Crippen LogP contribution in [0.4, 0.5) is 0 Å². The van der Waals surface area contributed by atoms with Gasteiger partial charge in [0, 0.05) is 22.3 Å². The Morgan fingerprint density at radius 3 is 1.03 bits per heavy atom. The zero-order valence-electron chi connectivity index (χ0n) is 18.0. The van der Waals surface area contributed by atoms with Crippen LogP contribution in [0.2, 0.25) is 0 Å². The Kier molecular flexibility index (Phi) is 5.24. The van der Waals surface area contributed by atoms with Crippen LogP contribution in [0.25, 0.3) is 0 Å². The summed E-state index contributed by atoms with van der Waals surface area (Å²) in [5.74, 6) is 3.25. The van der Waals surface area contributed by atoms with Gasteiger partial charge in [0.05, 0.1) is 12.1 Å². The summed E-state index contributed by atoms with van der Waals surface area (Å²) in [5.41, 5.74) is 4.09. The van der Waals surface area contributed by atoms with Crippen molar-refractivity contribution in [3.63, 3.8) is 0 Å². The van der Waals surface area contributed by atoms with Crippen LogP contribution in [0.15, 0.2) is 97.1 Å². The normalized spacial score (nSPS) is 13.8. The quantitative estimate of drug-likeness (QED) is 0.315. The lowest BCUT2D eigenvalue weighted by atomic mass is 9.94. The third-order valence-electron chi connectivity index (χ3n) is 6.12. The Hall–Kier alpha value is -3.74. The van der Waals surface area contributed by atoms with E-state index in [2.05, 4.69) is 10.6 Å². The summed E-state index contributed by atoms with van der Waals surface area (Å²) in [4.78, 5) is 0.959. The van der Waals surface area contributed by atoms with Crippen LogP contribution >= 0.6 is 24.4 Å². The van der Waals surface area contributed by atoms with Crippen LogP contribution in [0.3, 0.4) is 0 Å². The van der Waals surface area contributed by atoms with Gasteiger partial charge in [0.15, 0.2) is 0 Å². The Bertz CT molecular complexity index is 1240. The molecule has 0 aromatic heterocycles. The highest BCUT2D eigenvalue weighted by atomic mass is 32.1. The SMILES string of the molecule is S=C(NC1c2ccccc2Oc2ccccc21)C(=S)NC1c2ccccc2Oc2ccccc21. The number of rotatable bonds is 2. The highest BCUT2D eigenvalue weighted by Gasteiger charge is 2.30. The molecule has 0 amide bonds. The summed E-state index contributed by atoms with van der Waals surface area (Å²) < 4.78 is 12.2. The highest BCUT2D eigenvalue weighted by molar-refractivity contribution is 7.89. The van der Waals surface area contributed by atoms with Gasteiger partial charge in [0.1, 0.15) is 33.0 Å². The molecule has 4 aromatic carbocycles. The Morgan fingerprint density at radius 2 is 0.735 bits per heavy atom. The van der Waals surface area contributed by atoms with Crippen molar-refractivity contribution in [3.05, 3.63) is 119 Å². The first-order valence-corrected chi connectivity index (χ1v) is 11.8. The molecule has 0 fully saturated rings. The van der Waals surface area contributed by atoms with Crippen molar-refractivity contribution in [2.24, 2.45) is 0 Å². The Morgan fingerprint density at radius 1 is 0.471 bits per heavy atom. The van der Waals surface area contributed by atoms with Crippen molar-refractivity contribution in [1.29, 1.82) is 0 Å². The number of ether oxygens (including phenoxy) is 2. The minimum Gasteiger partial charge on any atom is -0.457 e. The average Bonchev–Trinajstić information content (AvgIpc) is 2.88. The van der Waals surface area contributed by atoms with Crippen LogP contribution in [-0.2, 0) is 0 Å². The number of fused-ring (bicyclic) bond motifs is 4. The molecule has 2 heterocycles. The number of nitrogens with one attached hydrogen (secondary N) is 2. The molecule has 34 heavy (non-hydrogen) atoms. The van der Waals surface area contributed by atoms with E-state index in [1.54, 1.807) is 0 Å². The zero-order valence-corrected chi connectivity index (χ0v) is 19.7. The van der Waals surface area contributed by atoms with Gasteiger partial charge in [-0.05, 0) is 24.3 Å². The van der Waals surface area contributed by atoms with E-state index in [0.29, 0.717) is 9.98 Å². The molecule has 0 unspecified atom stereocenters. The van der Waals surface area contributed by atoms with Crippen LogP contribution in [0, 0.1) is 0 Å². The Labute approximate surface area is 208 Å². The number of thiocarbonyl (C=S) groups is 2. The highest BCUT2D eigenvalue weighted by Crippen LogP contribution is 2.44. The van der Waals surface area contributed by atoms with Crippen molar-refractivity contribution in [2.75, 3.05) is 0 Å². The molecule has 4 nitrogen and oxygen atoms in total. The van der Waals surface area contributed by atoms with Crippen molar-refractivity contribution in [1.82, 2.24) is 10.6 Å². The summed E-state index contributed by atoms with van der Waals surface area (Å²) in [7, 11) is 0. The van der Waals surface area contributed by atoms with Crippen molar-refractivity contribution < 1.29 is 9.47 Å². The molecule has 4 aromatic rings. The molecular formula is C28H20N2O2S2. The van der Waals surface area contributed by atoms with Crippen molar-refractivity contribution in [3.8, 4) is 23.0 Å². The van der Waals surface area contributed by atoms with E-state index in [-0.39, 0.29) is 12.1 Å². The lowest BCUT2D eigenvalue weighted by Gasteiger charge is -2.32. The molecule has 2 N–H and O–H groups in total. The van der Waals surface area contributed by atoms with Crippen LogP contribution in [0.5, 0.6) is 23.0 Å². The molecule has 0 atom stereocenters. The van der Waals surface area contributed by atoms with E-state index in [0.717, 1.165) is 45.3 Å². The second kappa shape index (κ2) is 8.56. The van der Waals surface area contributed by atoms with E-state index in [9.17, 15) is 0 Å². The van der Waals surface area contributed by atoms with Gasteiger partial charge in [0.25, 0.3) is 0 Å². The minimum atomic E-state index is -0.164. The lowest BCUT2D eigenvalue weighted by molar-refractivity contribution is 0.440. The summed E-state index contributed by atoms with van der Waals surface area (Å²) in [6.07, 6.45) is 0. The topological polar surface area (TPSA) is 42.5 Å². The smallest absolute Gasteiger partial charge is 0.134 e. The van der Waals surface area contributed by atoms with E-state index in [1.807, 2.05) is 97.1 Å². The molecule has 0 saturated heterocycles. The van der Waals surface area contributed by atoms with E-state index in [4.69, 9.17) is 33.9 Å². The molecule has 6 heteroatoms. The third kappa shape index (κ3) is 3.61. The van der Waals surface area contributed by atoms with Crippen LogP contribution in [0.1, 0.15) is 34.3 Å². The van der Waals surface area contributed by atoms with Gasteiger partial charge in [-0.25, -0.2) is 0 Å². The molecule has 0 bridgehead atoms. The number of benzene rings is 4. The van der Waals surface area contributed by atoms with Gasteiger partial charge in [-0.15, -0.1) is 0 Å². The molecule has 2 aliphatic heterocycles. The number of hydrogen-bond acceptors (Lipinski definition) is 4. The predicted molar refractivity (Wildman–Crippen MR) is 141 cm³/mol. The third-order valence-corrected chi connectivity index (χ3v) is 6.89. The monoisotopic (exact) mass is 480 g/mol. The molecule has 0 saturated carbocycles. The zero-order chi connectivity index (χ0) is 23.1. The predicted octanol–water partition coefficient (Wildman–Crippen LogP) is 6.61. The fourth-order valence-corrected chi connectivity index (χ4v) is 4.88. The largest absolute Gasteiger partial charge is 0.457 e. The Balaban J connectivity index is 1.29. The fraction of sp³-hybridized carbons (Fsp3) is 0.0714. The van der Waals surface area contributed by atoms with Crippen LogP contribution < -0.4 is 20.1 Å². The van der Waals surface area contributed by atoms with Crippen molar-refractivity contribution >= 4 is 34.4 Å². The number of para-hydroxylation sites is 4. The molecule has 2 aliphatic rings. The van der Waals surface area contributed by atoms with Gasteiger partial charge in [0.2, 0.25) is 0 Å². The summed E-state index contributed by atoms with van der Waals surface area (Å²) in [5, 5.41) is 6.97. The van der Waals surface area contributed by atoms with Gasteiger partial charge in [-0.1, -0.05) is 97.2 Å². The van der Waals surface area contributed by atoms with E-state index in [1.165, 1.54) is 0 Å². The molecule has 0 radical (unpaired) electrons. The summed E-state index contributed by atoms with van der Waals surface area (Å²) in [6.45, 7) is 0. The molecule has 0 aliphatic carbocycles. The maximum atomic E-state index is 6.10. The first-order valence-electron chi connectivity index (χ1n) is 11.0. The van der Waals surface area contributed by atoms with Gasteiger partial charge in [-0.3, -0.25) is 0 Å². The van der Waals surface area contributed by atoms with E-state index < -0.39 is 0 Å². The maximum absolute atomic E-state index is 6.10. The first kappa shape index (κ1) is 20.8. The van der Waals surface area contributed by atoms with Gasteiger partial charge < -0.3 is 20.1 Å². The standard InChI is InChI=1S/C28H20N2O2S2/c33-27(29-25-17-9-1-5-13-21(17)31-22-14-6-2-10-18(22)25)28(34)30-26-19-11-3-7-15-23(19)32-24-16-8-4-12-20(24)26/h1-16,25-26H,(H,29,33)(H,30,34). The first-order chi connectivity index (χ1) is 16.7. The summed E-state index contributed by atoms with van der Waals surface area (Å²) >= 11 is 11.6. The fourth-order valence-electron chi connectivity index (χ4n) is 4.52. The molecular weight excluding hydrogens is 460 g/mol. The summed E-state index contributed by atoms with van der Waals surface area (Å²) in [6, 6.07) is 31.6. The van der Waals surface area contributed by atoms with Crippen LogP contribution in [-0.4, -0.2) is 9.98 Å². The van der Waals surface area contributed by atoms with Crippen molar-refractivity contribution in [2.45, 2.75) is 12.1 Å². The molecule has 166 valence electrons. The van der Waals surface area contributed by atoms with Gasteiger partial charge >= 0.3 is 0 Å². The van der Waals surface area contributed by atoms with E-state index >= 15 is 0 Å².